The Hall–Kier alpha value is -1.58. The van der Waals surface area contributed by atoms with E-state index in [-0.39, 0.29) is 5.55 Å². The highest BCUT2D eigenvalue weighted by Crippen LogP contribution is 1.89. The minimum atomic E-state index is 0.0723. The summed E-state index contributed by atoms with van der Waals surface area (Å²) < 4.78 is 6.52. The molecule has 2 rings (SSSR count). The number of nitrogens with one attached hydrogen (secondary N) is 1. The highest BCUT2D eigenvalue weighted by atomic mass is 16.4. The minimum absolute atomic E-state index is 0.0723. The molecule has 0 aromatic carbocycles. The Morgan fingerprint density at radius 1 is 1.70 bits per heavy atom. The van der Waals surface area contributed by atoms with Crippen molar-refractivity contribution in [2.75, 3.05) is 0 Å². The standard InChI is InChI=1S/C6H5N3O/c1-4-5(7)10-6-8-2-3-9(4)6/h2-3,7H,1H2. The zero-order valence-corrected chi connectivity index (χ0v) is 5.16. The summed E-state index contributed by atoms with van der Waals surface area (Å²) in [6, 6.07) is 0. The van der Waals surface area contributed by atoms with E-state index in [0.29, 0.717) is 11.2 Å². The Morgan fingerprint density at radius 2 is 2.50 bits per heavy atom. The molecule has 0 amide bonds. The maximum Gasteiger partial charge on any atom is 0.308 e. The zero-order chi connectivity index (χ0) is 7.14. The van der Waals surface area contributed by atoms with Crippen LogP contribution < -0.4 is 10.9 Å². The molecule has 50 valence electrons. The van der Waals surface area contributed by atoms with E-state index in [1.54, 1.807) is 16.8 Å². The van der Waals surface area contributed by atoms with Crippen LogP contribution in [0.3, 0.4) is 0 Å². The van der Waals surface area contributed by atoms with Gasteiger partial charge in [-0.1, -0.05) is 6.58 Å². The van der Waals surface area contributed by atoms with Crippen LogP contribution in [0.4, 0.5) is 0 Å². The Bertz CT molecular complexity index is 453. The van der Waals surface area contributed by atoms with Crippen LogP contribution in [0.15, 0.2) is 16.8 Å². The lowest BCUT2D eigenvalue weighted by Gasteiger charge is -1.72. The molecular formula is C6H5N3O. The van der Waals surface area contributed by atoms with Crippen LogP contribution in [-0.2, 0) is 0 Å². The molecule has 0 aliphatic rings. The second-order valence-corrected chi connectivity index (χ2v) is 1.96. The van der Waals surface area contributed by atoms with Gasteiger partial charge >= 0.3 is 5.84 Å². The number of hydrogen-bond donors (Lipinski definition) is 1. The molecule has 0 bridgehead atoms. The lowest BCUT2D eigenvalue weighted by molar-refractivity contribution is 0.530. The van der Waals surface area contributed by atoms with Gasteiger partial charge in [0.25, 0.3) is 0 Å². The van der Waals surface area contributed by atoms with Crippen molar-refractivity contribution in [2.24, 2.45) is 0 Å². The summed E-state index contributed by atoms with van der Waals surface area (Å²) in [5, 5.41) is 7.71. The van der Waals surface area contributed by atoms with Crippen molar-refractivity contribution in [3.8, 4) is 0 Å². The van der Waals surface area contributed by atoms with Crippen molar-refractivity contribution >= 4 is 12.4 Å². The first-order valence-corrected chi connectivity index (χ1v) is 2.78. The number of oxazole rings is 1. The number of aromatic nitrogens is 2. The molecule has 4 heteroatoms. The third-order valence-corrected chi connectivity index (χ3v) is 1.35. The molecule has 10 heavy (non-hydrogen) atoms. The maximum atomic E-state index is 7.17. The van der Waals surface area contributed by atoms with Gasteiger partial charge in [0.05, 0.1) is 0 Å². The van der Waals surface area contributed by atoms with Gasteiger partial charge in [0.15, 0.2) is 0 Å². The smallest absolute Gasteiger partial charge is 0.308 e. The number of nitrogens with zero attached hydrogens (tertiary/aromatic N) is 2. The number of imidazole rings is 1. The molecule has 0 unspecified atom stereocenters. The van der Waals surface area contributed by atoms with Gasteiger partial charge in [-0.3, -0.25) is 9.81 Å². The van der Waals surface area contributed by atoms with Crippen molar-refractivity contribution in [2.45, 2.75) is 0 Å². The molecule has 0 aliphatic carbocycles. The predicted molar refractivity (Wildman–Crippen MR) is 34.1 cm³/mol. The van der Waals surface area contributed by atoms with Crippen LogP contribution in [0.2, 0.25) is 0 Å². The Labute approximate surface area is 55.9 Å². The van der Waals surface area contributed by atoms with Crippen molar-refractivity contribution in [3.05, 3.63) is 23.3 Å². The first-order valence-electron chi connectivity index (χ1n) is 2.78. The molecule has 0 saturated heterocycles. The normalized spacial score (nSPS) is 10.8. The molecule has 2 aromatic heterocycles. The first kappa shape index (κ1) is 5.22. The molecule has 0 saturated carbocycles. The Kier molecular flexibility index (Phi) is 0.768. The van der Waals surface area contributed by atoms with E-state index in [0.717, 1.165) is 0 Å². The molecule has 4 nitrogen and oxygen atoms in total. The maximum absolute atomic E-state index is 7.17. The molecule has 1 N–H and O–H groups in total. The van der Waals surface area contributed by atoms with Crippen LogP contribution in [0.1, 0.15) is 0 Å². The van der Waals surface area contributed by atoms with E-state index in [1.807, 2.05) is 0 Å². The molecular weight excluding hydrogens is 130 g/mol. The highest BCUT2D eigenvalue weighted by Gasteiger charge is 1.98. The average molecular weight is 135 g/mol. The van der Waals surface area contributed by atoms with Crippen LogP contribution in [-0.4, -0.2) is 9.38 Å². The van der Waals surface area contributed by atoms with Crippen molar-refractivity contribution in [3.63, 3.8) is 0 Å². The summed E-state index contributed by atoms with van der Waals surface area (Å²) in [6.07, 6.45) is 3.31. The zero-order valence-electron chi connectivity index (χ0n) is 5.16. The van der Waals surface area contributed by atoms with E-state index in [4.69, 9.17) is 9.83 Å². The fourth-order valence-corrected chi connectivity index (χ4v) is 0.830. The fourth-order valence-electron chi connectivity index (χ4n) is 0.830. The second kappa shape index (κ2) is 1.47. The van der Waals surface area contributed by atoms with E-state index in [9.17, 15) is 0 Å². The SMILES string of the molecule is C=c1c(=N)oc2nccn12. The van der Waals surface area contributed by atoms with Gasteiger partial charge in [0.2, 0.25) is 5.55 Å². The van der Waals surface area contributed by atoms with Gasteiger partial charge in [-0.2, -0.15) is 0 Å². The van der Waals surface area contributed by atoms with Gasteiger partial charge < -0.3 is 4.42 Å². The van der Waals surface area contributed by atoms with Gasteiger partial charge in [0.1, 0.15) is 5.35 Å². The topological polar surface area (TPSA) is 54.3 Å². The third kappa shape index (κ3) is 0.452. The van der Waals surface area contributed by atoms with Gasteiger partial charge in [-0.05, 0) is 0 Å². The third-order valence-electron chi connectivity index (χ3n) is 1.35. The van der Waals surface area contributed by atoms with E-state index < -0.39 is 0 Å². The van der Waals surface area contributed by atoms with Crippen LogP contribution in [0, 0.1) is 5.41 Å². The fraction of sp³-hybridized carbons (Fsp3) is 0. The van der Waals surface area contributed by atoms with Crippen LogP contribution >= 0.6 is 0 Å². The quantitative estimate of drug-likeness (QED) is 0.531. The van der Waals surface area contributed by atoms with E-state index >= 15 is 0 Å². The van der Waals surface area contributed by atoms with Gasteiger partial charge in [-0.25, -0.2) is 4.98 Å². The van der Waals surface area contributed by atoms with Gasteiger partial charge in [-0.15, -0.1) is 0 Å². The summed E-state index contributed by atoms with van der Waals surface area (Å²) in [4.78, 5) is 3.84. The summed E-state index contributed by atoms with van der Waals surface area (Å²) in [6.45, 7) is 3.62. The largest absolute Gasteiger partial charge is 0.404 e. The first-order chi connectivity index (χ1) is 4.79. The molecule has 0 atom stereocenters. The van der Waals surface area contributed by atoms with Crippen molar-refractivity contribution in [1.29, 1.82) is 5.41 Å². The lowest BCUT2D eigenvalue weighted by Crippen LogP contribution is -2.21. The summed E-state index contributed by atoms with van der Waals surface area (Å²) in [7, 11) is 0. The second-order valence-electron chi connectivity index (χ2n) is 1.96. The molecule has 2 aromatic rings. The summed E-state index contributed by atoms with van der Waals surface area (Å²) in [5.41, 5.74) is 0.0723. The Morgan fingerprint density at radius 3 is 3.20 bits per heavy atom. The molecule has 0 fully saturated rings. The van der Waals surface area contributed by atoms with Crippen LogP contribution in [0.25, 0.3) is 12.4 Å². The summed E-state index contributed by atoms with van der Waals surface area (Å²) in [5.74, 6) is 0.426. The molecule has 0 aliphatic heterocycles. The monoisotopic (exact) mass is 135 g/mol. The average Bonchev–Trinajstić information content (AvgIpc) is 2.41. The number of rotatable bonds is 0. The van der Waals surface area contributed by atoms with E-state index in [2.05, 4.69) is 11.6 Å². The number of fused-ring (bicyclic) bond motifs is 1. The van der Waals surface area contributed by atoms with E-state index in [1.165, 1.54) is 0 Å². The lowest BCUT2D eigenvalue weighted by atomic mass is 10.7. The molecule has 0 radical (unpaired) electrons. The highest BCUT2D eigenvalue weighted by molar-refractivity contribution is 5.22. The van der Waals surface area contributed by atoms with Crippen LogP contribution in [0.5, 0.6) is 0 Å². The van der Waals surface area contributed by atoms with Gasteiger partial charge in [0, 0.05) is 12.4 Å². The predicted octanol–water partition coefficient (Wildman–Crippen LogP) is -0.464. The molecule has 2 heterocycles. The Balaban J connectivity index is 3.24. The minimum Gasteiger partial charge on any atom is -0.404 e. The molecule has 0 spiro atoms. The van der Waals surface area contributed by atoms with Crippen molar-refractivity contribution < 1.29 is 4.42 Å². The van der Waals surface area contributed by atoms with Crippen molar-refractivity contribution in [1.82, 2.24) is 9.38 Å². The number of hydrogen-bond acceptors (Lipinski definition) is 3. The summed E-state index contributed by atoms with van der Waals surface area (Å²) >= 11 is 0.